The van der Waals surface area contributed by atoms with Crippen LogP contribution in [-0.4, -0.2) is 36.1 Å². The fraction of sp³-hybridized carbons (Fsp3) is 0.667. The van der Waals surface area contributed by atoms with Gasteiger partial charge in [-0.05, 0) is 50.3 Å². The van der Waals surface area contributed by atoms with Crippen molar-refractivity contribution in [2.45, 2.75) is 83.1 Å². The molecule has 0 bridgehead atoms. The molecule has 3 rings (SSSR count). The van der Waals surface area contributed by atoms with Crippen molar-refractivity contribution in [3.8, 4) is 5.75 Å². The molecular formula is C21H31NO3. The van der Waals surface area contributed by atoms with Gasteiger partial charge >= 0.3 is 0 Å². The van der Waals surface area contributed by atoms with Crippen molar-refractivity contribution in [1.29, 1.82) is 0 Å². The van der Waals surface area contributed by atoms with Gasteiger partial charge < -0.3 is 14.4 Å². The van der Waals surface area contributed by atoms with Gasteiger partial charge in [0.15, 0.2) is 0 Å². The standard InChI is InChI=1S/C21H31NO3/c1-16(25-15-17-8-7-13-20(14-17)24-2)21(23)22(18-9-3-4-10-18)19-11-5-6-12-19/h7-8,13-14,16,18-19H,3-6,9-12,15H2,1-2H3. The maximum absolute atomic E-state index is 13.1. The Balaban J connectivity index is 1.61. The van der Waals surface area contributed by atoms with Gasteiger partial charge in [-0.3, -0.25) is 4.79 Å². The van der Waals surface area contributed by atoms with Crippen LogP contribution in [0.4, 0.5) is 0 Å². The van der Waals surface area contributed by atoms with Crippen LogP contribution in [0.2, 0.25) is 0 Å². The Labute approximate surface area is 151 Å². The first kappa shape index (κ1) is 18.2. The van der Waals surface area contributed by atoms with E-state index in [9.17, 15) is 4.79 Å². The minimum atomic E-state index is -0.396. The van der Waals surface area contributed by atoms with E-state index in [0.29, 0.717) is 18.7 Å². The predicted octanol–water partition coefficient (Wildman–Crippen LogP) is 4.31. The summed E-state index contributed by atoms with van der Waals surface area (Å²) in [5.74, 6) is 1.00. The van der Waals surface area contributed by atoms with Gasteiger partial charge in [0.1, 0.15) is 11.9 Å². The predicted molar refractivity (Wildman–Crippen MR) is 98.6 cm³/mol. The van der Waals surface area contributed by atoms with Crippen molar-refractivity contribution in [2.75, 3.05) is 7.11 Å². The van der Waals surface area contributed by atoms with Crippen LogP contribution in [0.1, 0.15) is 63.9 Å². The van der Waals surface area contributed by atoms with Crippen LogP contribution in [0.25, 0.3) is 0 Å². The van der Waals surface area contributed by atoms with Gasteiger partial charge in [-0.25, -0.2) is 0 Å². The van der Waals surface area contributed by atoms with E-state index in [1.807, 2.05) is 31.2 Å². The molecule has 2 aliphatic rings. The van der Waals surface area contributed by atoms with Gasteiger partial charge in [-0.15, -0.1) is 0 Å². The molecule has 2 aliphatic carbocycles. The molecule has 0 heterocycles. The normalized spacial score (nSPS) is 19.9. The van der Waals surface area contributed by atoms with Crippen LogP contribution >= 0.6 is 0 Å². The van der Waals surface area contributed by atoms with Gasteiger partial charge in [0, 0.05) is 12.1 Å². The molecule has 1 amide bonds. The van der Waals surface area contributed by atoms with Gasteiger partial charge in [-0.2, -0.15) is 0 Å². The summed E-state index contributed by atoms with van der Waals surface area (Å²) >= 11 is 0. The summed E-state index contributed by atoms with van der Waals surface area (Å²) in [5, 5.41) is 0. The van der Waals surface area contributed by atoms with E-state index >= 15 is 0 Å². The van der Waals surface area contributed by atoms with E-state index in [0.717, 1.165) is 37.0 Å². The monoisotopic (exact) mass is 345 g/mol. The number of rotatable bonds is 7. The fourth-order valence-corrected chi connectivity index (χ4v) is 4.29. The highest BCUT2D eigenvalue weighted by molar-refractivity contribution is 5.81. The molecule has 0 spiro atoms. The first-order valence-corrected chi connectivity index (χ1v) is 9.75. The van der Waals surface area contributed by atoms with E-state index in [1.54, 1.807) is 7.11 Å². The summed E-state index contributed by atoms with van der Waals surface area (Å²) in [6.07, 6.45) is 9.24. The van der Waals surface area contributed by atoms with Crippen molar-refractivity contribution < 1.29 is 14.3 Å². The Morgan fingerprint density at radius 2 is 1.72 bits per heavy atom. The van der Waals surface area contributed by atoms with E-state index in [2.05, 4.69) is 4.90 Å². The molecule has 0 N–H and O–H groups in total. The zero-order valence-corrected chi connectivity index (χ0v) is 15.6. The summed E-state index contributed by atoms with van der Waals surface area (Å²) < 4.78 is 11.2. The Morgan fingerprint density at radius 3 is 2.28 bits per heavy atom. The van der Waals surface area contributed by atoms with Crippen molar-refractivity contribution >= 4 is 5.91 Å². The molecule has 138 valence electrons. The van der Waals surface area contributed by atoms with Crippen molar-refractivity contribution in [3.63, 3.8) is 0 Å². The molecule has 0 aromatic heterocycles. The number of ether oxygens (including phenoxy) is 2. The number of hydrogen-bond donors (Lipinski definition) is 0. The number of carbonyl (C=O) groups excluding carboxylic acids is 1. The molecule has 1 aromatic rings. The van der Waals surface area contributed by atoms with Gasteiger partial charge in [0.25, 0.3) is 5.91 Å². The molecule has 4 nitrogen and oxygen atoms in total. The molecule has 1 unspecified atom stereocenters. The highest BCUT2D eigenvalue weighted by Crippen LogP contribution is 2.32. The summed E-state index contributed by atoms with van der Waals surface area (Å²) in [4.78, 5) is 15.3. The molecule has 2 fully saturated rings. The van der Waals surface area contributed by atoms with E-state index in [1.165, 1.54) is 25.7 Å². The van der Waals surface area contributed by atoms with Crippen LogP contribution < -0.4 is 4.74 Å². The highest BCUT2D eigenvalue weighted by atomic mass is 16.5. The molecule has 0 saturated heterocycles. The number of hydrogen-bond acceptors (Lipinski definition) is 3. The highest BCUT2D eigenvalue weighted by Gasteiger charge is 2.36. The van der Waals surface area contributed by atoms with Gasteiger partial charge in [-0.1, -0.05) is 37.8 Å². The number of amides is 1. The second-order valence-electron chi connectivity index (χ2n) is 7.43. The smallest absolute Gasteiger partial charge is 0.251 e. The summed E-state index contributed by atoms with van der Waals surface area (Å²) in [5.41, 5.74) is 1.03. The van der Waals surface area contributed by atoms with E-state index in [-0.39, 0.29) is 5.91 Å². The van der Waals surface area contributed by atoms with E-state index < -0.39 is 6.10 Å². The second-order valence-corrected chi connectivity index (χ2v) is 7.43. The number of methoxy groups -OCH3 is 1. The topological polar surface area (TPSA) is 38.8 Å². The average molecular weight is 345 g/mol. The molecule has 1 atom stereocenters. The molecule has 0 aliphatic heterocycles. The third kappa shape index (κ3) is 4.55. The number of carbonyl (C=O) groups is 1. The quantitative estimate of drug-likeness (QED) is 0.739. The molecule has 1 aromatic carbocycles. The zero-order chi connectivity index (χ0) is 17.6. The van der Waals surface area contributed by atoms with Crippen LogP contribution in [0.3, 0.4) is 0 Å². The average Bonchev–Trinajstić information content (AvgIpc) is 3.34. The second kappa shape index (κ2) is 8.70. The van der Waals surface area contributed by atoms with Crippen LogP contribution in [-0.2, 0) is 16.1 Å². The summed E-state index contributed by atoms with van der Waals surface area (Å²) in [7, 11) is 1.66. The maximum atomic E-state index is 13.1. The van der Waals surface area contributed by atoms with Crippen molar-refractivity contribution in [2.24, 2.45) is 0 Å². The lowest BCUT2D eigenvalue weighted by Gasteiger charge is -2.36. The van der Waals surface area contributed by atoms with Crippen LogP contribution in [0.15, 0.2) is 24.3 Å². The lowest BCUT2D eigenvalue weighted by molar-refractivity contribution is -0.148. The maximum Gasteiger partial charge on any atom is 0.251 e. The number of nitrogens with zero attached hydrogens (tertiary/aromatic N) is 1. The minimum Gasteiger partial charge on any atom is -0.497 e. The largest absolute Gasteiger partial charge is 0.497 e. The Kier molecular flexibility index (Phi) is 6.35. The number of benzene rings is 1. The zero-order valence-electron chi connectivity index (χ0n) is 15.6. The Bertz CT molecular complexity index is 546. The first-order valence-electron chi connectivity index (χ1n) is 9.75. The van der Waals surface area contributed by atoms with Crippen LogP contribution in [0.5, 0.6) is 5.75 Å². The molecular weight excluding hydrogens is 314 g/mol. The molecule has 0 radical (unpaired) electrons. The lowest BCUT2D eigenvalue weighted by Crippen LogP contribution is -2.49. The van der Waals surface area contributed by atoms with Gasteiger partial charge in [0.05, 0.1) is 13.7 Å². The van der Waals surface area contributed by atoms with Crippen LogP contribution in [0, 0.1) is 0 Å². The Morgan fingerprint density at radius 1 is 1.12 bits per heavy atom. The third-order valence-corrected chi connectivity index (χ3v) is 5.67. The third-order valence-electron chi connectivity index (χ3n) is 5.67. The van der Waals surface area contributed by atoms with Crippen molar-refractivity contribution in [1.82, 2.24) is 4.90 Å². The summed E-state index contributed by atoms with van der Waals surface area (Å²) in [6.45, 7) is 2.34. The van der Waals surface area contributed by atoms with Gasteiger partial charge in [0.2, 0.25) is 0 Å². The molecule has 25 heavy (non-hydrogen) atoms. The fourth-order valence-electron chi connectivity index (χ4n) is 4.29. The summed E-state index contributed by atoms with van der Waals surface area (Å²) in [6, 6.07) is 8.69. The minimum absolute atomic E-state index is 0.182. The van der Waals surface area contributed by atoms with E-state index in [4.69, 9.17) is 9.47 Å². The molecule has 4 heteroatoms. The Hall–Kier alpha value is -1.55. The molecule has 2 saturated carbocycles. The first-order chi connectivity index (χ1) is 12.2. The lowest BCUT2D eigenvalue weighted by atomic mass is 10.1. The van der Waals surface area contributed by atoms with Crippen molar-refractivity contribution in [3.05, 3.63) is 29.8 Å². The SMILES string of the molecule is COc1cccc(COC(C)C(=O)N(C2CCCC2)C2CCCC2)c1.